The molecule has 0 radical (unpaired) electrons. The Kier molecular flexibility index (Phi) is 5.94. The van der Waals surface area contributed by atoms with Crippen LogP contribution in [0.25, 0.3) is 5.82 Å². The molecule has 0 aliphatic rings. The molecule has 4 aromatic rings. The van der Waals surface area contributed by atoms with Crippen LogP contribution in [0, 0.1) is 6.92 Å². The van der Waals surface area contributed by atoms with Crippen LogP contribution in [0.15, 0.2) is 73.1 Å². The zero-order valence-electron chi connectivity index (χ0n) is 17.2. The predicted molar refractivity (Wildman–Crippen MR) is 115 cm³/mol. The number of ether oxygens (including phenoxy) is 1. The predicted octanol–water partition coefficient (Wildman–Crippen LogP) is 4.87. The molecule has 2 aromatic heterocycles. The Bertz CT molecular complexity index is 1260. The second-order valence-electron chi connectivity index (χ2n) is 6.84. The molecular weight excluding hydrogens is 437 g/mol. The molecule has 0 saturated carbocycles. The van der Waals surface area contributed by atoms with Crippen LogP contribution in [0.5, 0.6) is 5.75 Å². The van der Waals surface area contributed by atoms with Crippen LogP contribution in [0.4, 0.5) is 30.4 Å². The van der Waals surface area contributed by atoms with Crippen molar-refractivity contribution in [1.29, 1.82) is 0 Å². The minimum Gasteiger partial charge on any atom is -0.406 e. The summed E-state index contributed by atoms with van der Waals surface area (Å²) in [5.74, 6) is 0.691. The molecule has 0 unspecified atom stereocenters. The summed E-state index contributed by atoms with van der Waals surface area (Å²) in [5.41, 5.74) is 1.20. The van der Waals surface area contributed by atoms with Crippen LogP contribution in [-0.4, -0.2) is 32.0 Å². The van der Waals surface area contributed by atoms with Gasteiger partial charge in [-0.3, -0.25) is 4.79 Å². The number of nitrogens with one attached hydrogen (secondary N) is 2. The molecule has 0 atom stereocenters. The number of nitrogens with zero attached hydrogens (tertiary/aromatic N) is 4. The van der Waals surface area contributed by atoms with E-state index in [2.05, 4.69) is 30.4 Å². The van der Waals surface area contributed by atoms with Crippen LogP contribution in [0.1, 0.15) is 16.2 Å². The average Bonchev–Trinajstić information content (AvgIpc) is 3.29. The Morgan fingerprint density at radius 3 is 2.45 bits per heavy atom. The van der Waals surface area contributed by atoms with Crippen molar-refractivity contribution in [1.82, 2.24) is 19.7 Å². The SMILES string of the molecule is Cc1nc(Nc2ccc(NC(=O)c3cccc(OC(F)(F)F)c3)cc2)cc(-n2cccn2)n1. The normalized spacial score (nSPS) is 11.2. The number of hydrogen-bond donors (Lipinski definition) is 2. The highest BCUT2D eigenvalue weighted by atomic mass is 19.4. The van der Waals surface area contributed by atoms with Crippen molar-refractivity contribution in [3.05, 3.63) is 84.4 Å². The first-order chi connectivity index (χ1) is 15.7. The quantitative estimate of drug-likeness (QED) is 0.432. The summed E-state index contributed by atoms with van der Waals surface area (Å²) < 4.78 is 42.6. The molecule has 0 aliphatic heterocycles. The Labute approximate surface area is 186 Å². The highest BCUT2D eigenvalue weighted by Gasteiger charge is 2.31. The monoisotopic (exact) mass is 454 g/mol. The van der Waals surface area contributed by atoms with E-state index in [1.807, 2.05) is 0 Å². The van der Waals surface area contributed by atoms with Crippen LogP contribution < -0.4 is 15.4 Å². The van der Waals surface area contributed by atoms with Gasteiger partial charge in [0.15, 0.2) is 5.82 Å². The summed E-state index contributed by atoms with van der Waals surface area (Å²) in [6.45, 7) is 1.77. The van der Waals surface area contributed by atoms with Gasteiger partial charge in [0.1, 0.15) is 17.4 Å². The number of amides is 1. The first-order valence-corrected chi connectivity index (χ1v) is 9.65. The van der Waals surface area contributed by atoms with E-state index >= 15 is 0 Å². The van der Waals surface area contributed by atoms with Crippen LogP contribution in [-0.2, 0) is 0 Å². The first kappa shape index (κ1) is 21.8. The van der Waals surface area contributed by atoms with Gasteiger partial charge in [0.25, 0.3) is 5.91 Å². The van der Waals surface area contributed by atoms with Gasteiger partial charge >= 0.3 is 6.36 Å². The van der Waals surface area contributed by atoms with Crippen LogP contribution in [0.2, 0.25) is 0 Å². The average molecular weight is 454 g/mol. The standard InChI is InChI=1S/C22H17F3N6O2/c1-14-27-19(13-20(28-14)31-11-3-10-26-31)29-16-6-8-17(9-7-16)30-21(32)15-4-2-5-18(12-15)33-22(23,24)25/h2-13H,1H3,(H,30,32)(H,27,28,29). The van der Waals surface area contributed by atoms with Crippen LogP contribution >= 0.6 is 0 Å². The first-order valence-electron chi connectivity index (χ1n) is 9.65. The Morgan fingerprint density at radius 1 is 1.00 bits per heavy atom. The molecule has 2 aromatic carbocycles. The lowest BCUT2D eigenvalue weighted by Crippen LogP contribution is -2.18. The van der Waals surface area contributed by atoms with Crippen molar-refractivity contribution in [2.75, 3.05) is 10.6 Å². The molecule has 0 bridgehead atoms. The fraction of sp³-hybridized carbons (Fsp3) is 0.0909. The van der Waals surface area contributed by atoms with E-state index in [1.54, 1.807) is 60.4 Å². The number of aryl methyl sites for hydroxylation is 1. The Hall–Kier alpha value is -4.41. The van der Waals surface area contributed by atoms with Crippen LogP contribution in [0.3, 0.4) is 0 Å². The minimum atomic E-state index is -4.83. The fourth-order valence-corrected chi connectivity index (χ4v) is 2.96. The lowest BCUT2D eigenvalue weighted by atomic mass is 10.2. The lowest BCUT2D eigenvalue weighted by molar-refractivity contribution is -0.274. The highest BCUT2D eigenvalue weighted by Crippen LogP contribution is 2.24. The topological polar surface area (TPSA) is 94.0 Å². The fourth-order valence-electron chi connectivity index (χ4n) is 2.96. The molecule has 0 aliphatic carbocycles. The number of rotatable bonds is 6. The second-order valence-corrected chi connectivity index (χ2v) is 6.84. The van der Waals surface area contributed by atoms with Gasteiger partial charge in [-0.25, -0.2) is 14.6 Å². The summed E-state index contributed by atoms with van der Waals surface area (Å²) in [6, 6.07) is 15.1. The maximum Gasteiger partial charge on any atom is 0.573 e. The van der Waals surface area contributed by atoms with Gasteiger partial charge in [-0.05, 0) is 55.5 Å². The van der Waals surface area contributed by atoms with Gasteiger partial charge in [-0.1, -0.05) is 6.07 Å². The zero-order valence-corrected chi connectivity index (χ0v) is 17.2. The molecule has 0 spiro atoms. The van der Waals surface area contributed by atoms with E-state index in [4.69, 9.17) is 0 Å². The Balaban J connectivity index is 1.43. The summed E-state index contributed by atoms with van der Waals surface area (Å²) in [6.07, 6.45) is -1.41. The van der Waals surface area contributed by atoms with Gasteiger partial charge < -0.3 is 15.4 Å². The van der Waals surface area contributed by atoms with Crippen molar-refractivity contribution >= 4 is 23.1 Å². The van der Waals surface area contributed by atoms with Crippen molar-refractivity contribution in [3.8, 4) is 11.6 Å². The van der Waals surface area contributed by atoms with E-state index in [0.717, 1.165) is 12.1 Å². The van der Waals surface area contributed by atoms with Crippen molar-refractivity contribution in [2.45, 2.75) is 13.3 Å². The van der Waals surface area contributed by atoms with Gasteiger partial charge in [0.05, 0.1) is 0 Å². The number of carbonyl (C=O) groups is 1. The van der Waals surface area contributed by atoms with Gasteiger partial charge in [-0.2, -0.15) is 5.10 Å². The van der Waals surface area contributed by atoms with E-state index < -0.39 is 18.0 Å². The summed E-state index contributed by atoms with van der Waals surface area (Å²) >= 11 is 0. The van der Waals surface area contributed by atoms with Crippen molar-refractivity contribution in [2.24, 2.45) is 0 Å². The molecule has 1 amide bonds. The molecule has 2 heterocycles. The molecule has 0 fully saturated rings. The number of alkyl halides is 3. The third kappa shape index (κ3) is 5.85. The maximum atomic E-state index is 12.4. The molecule has 33 heavy (non-hydrogen) atoms. The number of aromatic nitrogens is 4. The molecule has 11 heteroatoms. The highest BCUT2D eigenvalue weighted by molar-refractivity contribution is 6.04. The molecule has 0 saturated heterocycles. The minimum absolute atomic E-state index is 0.0292. The Morgan fingerprint density at radius 2 is 1.76 bits per heavy atom. The van der Waals surface area contributed by atoms with E-state index in [-0.39, 0.29) is 5.56 Å². The molecule has 2 N–H and O–H groups in total. The number of carbonyl (C=O) groups excluding carboxylic acids is 1. The van der Waals surface area contributed by atoms with Gasteiger partial charge in [0.2, 0.25) is 0 Å². The molecule has 4 rings (SSSR count). The third-order valence-corrected chi connectivity index (χ3v) is 4.31. The summed E-state index contributed by atoms with van der Waals surface area (Å²) in [4.78, 5) is 21.1. The van der Waals surface area contributed by atoms with Crippen molar-refractivity contribution < 1.29 is 22.7 Å². The van der Waals surface area contributed by atoms with E-state index in [0.29, 0.717) is 28.8 Å². The van der Waals surface area contributed by atoms with Gasteiger partial charge in [-0.15, -0.1) is 13.2 Å². The number of hydrogen-bond acceptors (Lipinski definition) is 6. The lowest BCUT2D eigenvalue weighted by Gasteiger charge is -2.11. The van der Waals surface area contributed by atoms with Crippen molar-refractivity contribution in [3.63, 3.8) is 0 Å². The second kappa shape index (κ2) is 8.99. The number of anilines is 3. The molecule has 168 valence electrons. The van der Waals surface area contributed by atoms with E-state index in [9.17, 15) is 18.0 Å². The summed E-state index contributed by atoms with van der Waals surface area (Å²) in [7, 11) is 0. The maximum absolute atomic E-state index is 12.4. The smallest absolute Gasteiger partial charge is 0.406 e. The number of benzene rings is 2. The van der Waals surface area contributed by atoms with E-state index in [1.165, 1.54) is 12.1 Å². The summed E-state index contributed by atoms with van der Waals surface area (Å²) in [5, 5.41) is 9.95. The zero-order chi connectivity index (χ0) is 23.4. The molecule has 8 nitrogen and oxygen atoms in total. The largest absolute Gasteiger partial charge is 0.573 e. The third-order valence-electron chi connectivity index (χ3n) is 4.31. The van der Waals surface area contributed by atoms with Gasteiger partial charge in [0, 0.05) is 35.4 Å². The molecular formula is C22H17F3N6O2. The number of halogens is 3.